The molecule has 178 valence electrons. The van der Waals surface area contributed by atoms with E-state index in [4.69, 9.17) is 11.6 Å². The Morgan fingerprint density at radius 2 is 1.77 bits per heavy atom. The number of carbonyl (C=O) groups is 2. The minimum absolute atomic E-state index is 0.0310. The topological polar surface area (TPSA) is 40.6 Å². The van der Waals surface area contributed by atoms with Crippen molar-refractivity contribution in [3.8, 4) is 0 Å². The number of benzene rings is 3. The maximum absolute atomic E-state index is 13.8. The van der Waals surface area contributed by atoms with Crippen LogP contribution in [0.3, 0.4) is 0 Å². The van der Waals surface area contributed by atoms with Crippen LogP contribution in [0.5, 0.6) is 0 Å². The van der Waals surface area contributed by atoms with Gasteiger partial charge in [-0.1, -0.05) is 60.1 Å². The van der Waals surface area contributed by atoms with Gasteiger partial charge in [0, 0.05) is 28.0 Å². The van der Waals surface area contributed by atoms with Gasteiger partial charge in [-0.2, -0.15) is 0 Å². The summed E-state index contributed by atoms with van der Waals surface area (Å²) in [7, 11) is 0. The summed E-state index contributed by atoms with van der Waals surface area (Å²) in [5.74, 6) is -0.175. The van der Waals surface area contributed by atoms with Crippen LogP contribution in [-0.2, 0) is 11.2 Å². The first-order valence-electron chi connectivity index (χ1n) is 11.8. The second-order valence-electron chi connectivity index (χ2n) is 9.14. The lowest BCUT2D eigenvalue weighted by molar-refractivity contribution is -0.134. The van der Waals surface area contributed by atoms with E-state index in [2.05, 4.69) is 11.4 Å². The fourth-order valence-electron chi connectivity index (χ4n) is 4.88. The van der Waals surface area contributed by atoms with Crippen molar-refractivity contribution < 1.29 is 9.59 Å². The zero-order chi connectivity index (χ0) is 24.5. The Bertz CT molecular complexity index is 1370. The molecule has 4 nitrogen and oxygen atoms in total. The zero-order valence-electron chi connectivity index (χ0n) is 19.8. The highest BCUT2D eigenvalue weighted by atomic mass is 35.5. The normalized spacial score (nSPS) is 15.3. The van der Waals surface area contributed by atoms with Crippen molar-refractivity contribution in [3.63, 3.8) is 0 Å². The van der Waals surface area contributed by atoms with Crippen molar-refractivity contribution in [3.05, 3.63) is 105 Å². The Balaban J connectivity index is 1.46. The molecule has 4 aromatic rings. The number of hydrogen-bond donors (Lipinski definition) is 0. The maximum Gasteiger partial charge on any atom is 0.255 e. The molecule has 1 atom stereocenters. The van der Waals surface area contributed by atoms with Gasteiger partial charge >= 0.3 is 0 Å². The number of amides is 2. The molecule has 0 fully saturated rings. The number of thiophene rings is 1. The number of hydrogen-bond acceptors (Lipinski definition) is 3. The molecule has 1 unspecified atom stereocenters. The second kappa shape index (κ2) is 9.84. The highest BCUT2D eigenvalue weighted by Crippen LogP contribution is 2.38. The molecule has 1 aliphatic rings. The van der Waals surface area contributed by atoms with Gasteiger partial charge in [0.1, 0.15) is 6.54 Å². The highest BCUT2D eigenvalue weighted by Gasteiger charge is 2.34. The molecule has 5 rings (SSSR count). The van der Waals surface area contributed by atoms with Crippen molar-refractivity contribution in [2.75, 3.05) is 13.1 Å². The number of nitrogens with zero attached hydrogens (tertiary/aromatic N) is 2. The molecular weight excluding hydrogens is 476 g/mol. The zero-order valence-corrected chi connectivity index (χ0v) is 21.4. The summed E-state index contributed by atoms with van der Waals surface area (Å²) < 4.78 is 0. The van der Waals surface area contributed by atoms with Crippen LogP contribution in [0.1, 0.15) is 46.3 Å². The van der Waals surface area contributed by atoms with Crippen LogP contribution in [0.4, 0.5) is 0 Å². The molecule has 0 saturated heterocycles. The van der Waals surface area contributed by atoms with E-state index < -0.39 is 0 Å². The van der Waals surface area contributed by atoms with Crippen molar-refractivity contribution in [1.82, 2.24) is 9.80 Å². The minimum Gasteiger partial charge on any atom is -0.330 e. The standard InChI is InChI=1S/C29H27ClN2O2S/c1-19(2)32(29(34)24-9-5-7-20-6-3-4-8-23(20)24)18-27(33)31-16-14-26-25(15-17-35-26)28(31)21-10-12-22(30)13-11-21/h3-13,15,17,19,28H,14,16,18H2,1-2H3. The van der Waals surface area contributed by atoms with Gasteiger partial charge in [-0.25, -0.2) is 0 Å². The van der Waals surface area contributed by atoms with Crippen LogP contribution in [0.2, 0.25) is 5.02 Å². The SMILES string of the molecule is CC(C)N(CC(=O)N1CCc2sccc2C1c1ccc(Cl)cc1)C(=O)c1cccc2ccccc12. The highest BCUT2D eigenvalue weighted by molar-refractivity contribution is 7.10. The predicted molar refractivity (Wildman–Crippen MR) is 143 cm³/mol. The lowest BCUT2D eigenvalue weighted by Gasteiger charge is -2.38. The minimum atomic E-state index is -0.184. The van der Waals surface area contributed by atoms with Gasteiger partial charge < -0.3 is 9.80 Å². The Morgan fingerprint density at radius 3 is 2.54 bits per heavy atom. The quantitative estimate of drug-likeness (QED) is 0.309. The monoisotopic (exact) mass is 502 g/mol. The first kappa shape index (κ1) is 23.6. The van der Waals surface area contributed by atoms with Gasteiger partial charge in [0.15, 0.2) is 0 Å². The lowest BCUT2D eigenvalue weighted by atomic mass is 9.93. The van der Waals surface area contributed by atoms with Crippen LogP contribution < -0.4 is 0 Å². The van der Waals surface area contributed by atoms with E-state index in [-0.39, 0.29) is 30.4 Å². The summed E-state index contributed by atoms with van der Waals surface area (Å²) in [4.78, 5) is 32.4. The molecule has 1 aromatic heterocycles. The summed E-state index contributed by atoms with van der Waals surface area (Å²) >= 11 is 7.88. The molecule has 1 aliphatic heterocycles. The van der Waals surface area contributed by atoms with Crippen molar-refractivity contribution >= 4 is 45.5 Å². The third-order valence-corrected chi connectivity index (χ3v) is 7.93. The molecule has 0 saturated carbocycles. The molecule has 2 heterocycles. The largest absolute Gasteiger partial charge is 0.330 e. The van der Waals surface area contributed by atoms with Crippen LogP contribution >= 0.6 is 22.9 Å². The van der Waals surface area contributed by atoms with Crippen LogP contribution in [0, 0.1) is 0 Å². The average molecular weight is 503 g/mol. The van der Waals surface area contributed by atoms with Crippen molar-refractivity contribution in [2.24, 2.45) is 0 Å². The van der Waals surface area contributed by atoms with E-state index in [0.717, 1.165) is 28.3 Å². The summed E-state index contributed by atoms with van der Waals surface area (Å²) in [6, 6.07) is 23.1. The summed E-state index contributed by atoms with van der Waals surface area (Å²) in [6.07, 6.45) is 0.821. The number of fused-ring (bicyclic) bond motifs is 2. The van der Waals surface area contributed by atoms with E-state index in [9.17, 15) is 9.59 Å². The fourth-order valence-corrected chi connectivity index (χ4v) is 5.91. The average Bonchev–Trinajstić information content (AvgIpc) is 3.35. The van der Waals surface area contributed by atoms with E-state index in [1.807, 2.05) is 85.5 Å². The van der Waals surface area contributed by atoms with E-state index in [0.29, 0.717) is 17.1 Å². The number of rotatable bonds is 5. The Labute approximate surface area is 214 Å². The van der Waals surface area contributed by atoms with Crippen LogP contribution in [-0.4, -0.2) is 40.7 Å². The molecule has 0 bridgehead atoms. The molecule has 35 heavy (non-hydrogen) atoms. The second-order valence-corrected chi connectivity index (χ2v) is 10.6. The molecular formula is C29H27ClN2O2S. The Morgan fingerprint density at radius 1 is 1.03 bits per heavy atom. The molecule has 0 spiro atoms. The first-order valence-corrected chi connectivity index (χ1v) is 13.1. The maximum atomic E-state index is 13.8. The third-order valence-electron chi connectivity index (χ3n) is 6.68. The number of halogens is 1. The van der Waals surface area contributed by atoms with Crippen molar-refractivity contribution in [1.29, 1.82) is 0 Å². The van der Waals surface area contributed by atoms with E-state index in [1.54, 1.807) is 16.2 Å². The van der Waals surface area contributed by atoms with E-state index in [1.165, 1.54) is 4.88 Å². The molecule has 3 aromatic carbocycles. The fraction of sp³-hybridized carbons (Fsp3) is 0.241. The Kier molecular flexibility index (Phi) is 6.63. The Hall–Kier alpha value is -3.15. The smallest absolute Gasteiger partial charge is 0.255 e. The van der Waals surface area contributed by atoms with Gasteiger partial charge in [0.2, 0.25) is 5.91 Å². The predicted octanol–water partition coefficient (Wildman–Crippen LogP) is 6.58. The molecule has 6 heteroatoms. The molecule has 0 radical (unpaired) electrons. The lowest BCUT2D eigenvalue weighted by Crippen LogP contribution is -2.48. The summed E-state index contributed by atoms with van der Waals surface area (Å²) in [5.41, 5.74) is 2.81. The van der Waals surface area contributed by atoms with Crippen molar-refractivity contribution in [2.45, 2.75) is 32.4 Å². The van der Waals surface area contributed by atoms with Gasteiger partial charge in [0.05, 0.1) is 6.04 Å². The number of carbonyl (C=O) groups excluding carboxylic acids is 2. The summed E-state index contributed by atoms with van der Waals surface area (Å²) in [6.45, 7) is 4.57. The van der Waals surface area contributed by atoms with Gasteiger partial charge in [-0.15, -0.1) is 11.3 Å². The van der Waals surface area contributed by atoms with Gasteiger partial charge in [-0.3, -0.25) is 9.59 Å². The molecule has 2 amide bonds. The molecule has 0 aliphatic carbocycles. The van der Waals surface area contributed by atoms with Crippen LogP contribution in [0.15, 0.2) is 78.2 Å². The summed E-state index contributed by atoms with van der Waals surface area (Å²) in [5, 5.41) is 4.67. The first-order chi connectivity index (χ1) is 16.9. The molecule has 0 N–H and O–H groups in total. The third kappa shape index (κ3) is 4.58. The van der Waals surface area contributed by atoms with Crippen LogP contribution in [0.25, 0.3) is 10.8 Å². The van der Waals surface area contributed by atoms with Gasteiger partial charge in [0.25, 0.3) is 5.91 Å². The van der Waals surface area contributed by atoms with E-state index >= 15 is 0 Å². The van der Waals surface area contributed by atoms with Gasteiger partial charge in [-0.05, 0) is 71.8 Å².